The highest BCUT2D eigenvalue weighted by Crippen LogP contribution is 2.30. The summed E-state index contributed by atoms with van der Waals surface area (Å²) in [4.78, 5) is 12.3. The number of rotatable bonds is 9. The second-order valence-electron chi connectivity index (χ2n) is 4.70. The van der Waals surface area contributed by atoms with Gasteiger partial charge in [0.2, 0.25) is 16.2 Å². The monoisotopic (exact) mass is 383 g/mol. The van der Waals surface area contributed by atoms with Gasteiger partial charge >= 0.3 is 0 Å². The van der Waals surface area contributed by atoms with Crippen molar-refractivity contribution in [1.29, 1.82) is 0 Å². The number of nitrogens with one attached hydrogen (secondary N) is 1. The Morgan fingerprint density at radius 3 is 2.60 bits per heavy atom. The highest BCUT2D eigenvalue weighted by Gasteiger charge is 2.14. The van der Waals surface area contributed by atoms with Crippen molar-refractivity contribution in [2.45, 2.75) is 24.2 Å². The molecular weight excluding hydrogens is 362 g/mol. The number of thioether (sulfide) groups is 2. The Bertz CT molecular complexity index is 723. The Morgan fingerprint density at radius 1 is 1.24 bits per heavy atom. The molecule has 0 radical (unpaired) electrons. The first kappa shape index (κ1) is 19.3. The number of benzene rings is 1. The van der Waals surface area contributed by atoms with Crippen molar-refractivity contribution < 1.29 is 14.3 Å². The maximum Gasteiger partial charge on any atom is 0.234 e. The van der Waals surface area contributed by atoms with Crippen molar-refractivity contribution in [2.75, 3.05) is 36.4 Å². The van der Waals surface area contributed by atoms with E-state index in [-0.39, 0.29) is 11.7 Å². The van der Waals surface area contributed by atoms with Gasteiger partial charge in [-0.15, -0.1) is 10.2 Å². The highest BCUT2D eigenvalue weighted by molar-refractivity contribution is 8.00. The lowest BCUT2D eigenvalue weighted by molar-refractivity contribution is -0.113. The summed E-state index contributed by atoms with van der Waals surface area (Å²) in [5.74, 6) is 7.06. The molecule has 0 spiro atoms. The number of nitrogens with two attached hydrogens (primary N) is 1. The van der Waals surface area contributed by atoms with Crippen molar-refractivity contribution >= 4 is 35.1 Å². The first-order valence-electron chi connectivity index (χ1n) is 7.65. The van der Waals surface area contributed by atoms with Crippen LogP contribution < -0.4 is 20.6 Å². The summed E-state index contributed by atoms with van der Waals surface area (Å²) in [6.45, 7) is 4.83. The average molecular weight is 383 g/mol. The van der Waals surface area contributed by atoms with Gasteiger partial charge in [0, 0.05) is 6.07 Å². The van der Waals surface area contributed by atoms with Gasteiger partial charge in [-0.2, -0.15) is 0 Å². The molecule has 1 amide bonds. The molecule has 0 aliphatic carbocycles. The van der Waals surface area contributed by atoms with Crippen LogP contribution in [-0.4, -0.2) is 46.0 Å². The van der Waals surface area contributed by atoms with E-state index in [9.17, 15) is 4.79 Å². The summed E-state index contributed by atoms with van der Waals surface area (Å²) >= 11 is 2.60. The van der Waals surface area contributed by atoms with Gasteiger partial charge in [-0.25, -0.2) is 4.68 Å². The van der Waals surface area contributed by atoms with Gasteiger partial charge < -0.3 is 20.6 Å². The molecule has 0 fully saturated rings. The normalized spacial score (nSPS) is 10.5. The van der Waals surface area contributed by atoms with Gasteiger partial charge in [-0.3, -0.25) is 4.79 Å². The number of ether oxygens (including phenoxy) is 2. The molecule has 0 unspecified atom stereocenters. The minimum atomic E-state index is -0.201. The summed E-state index contributed by atoms with van der Waals surface area (Å²) in [6, 6.07) is 5.33. The Labute approximate surface area is 154 Å². The van der Waals surface area contributed by atoms with E-state index in [0.29, 0.717) is 40.7 Å². The van der Waals surface area contributed by atoms with Crippen LogP contribution in [0.2, 0.25) is 0 Å². The first-order valence-corrected chi connectivity index (χ1v) is 9.86. The maximum absolute atomic E-state index is 12.3. The largest absolute Gasteiger partial charge is 0.494 e. The van der Waals surface area contributed by atoms with E-state index < -0.39 is 0 Å². The molecule has 1 heterocycles. The van der Waals surface area contributed by atoms with Gasteiger partial charge in [0.25, 0.3) is 0 Å². The molecule has 25 heavy (non-hydrogen) atoms. The third-order valence-electron chi connectivity index (χ3n) is 2.98. The molecule has 2 rings (SSSR count). The molecule has 1 aromatic carbocycles. The summed E-state index contributed by atoms with van der Waals surface area (Å²) in [5.41, 5.74) is 0.567. The van der Waals surface area contributed by atoms with Crippen LogP contribution in [0.25, 0.3) is 0 Å². The molecule has 2 aromatic rings. The molecule has 10 heteroatoms. The van der Waals surface area contributed by atoms with E-state index in [1.54, 1.807) is 18.2 Å². The zero-order valence-corrected chi connectivity index (χ0v) is 15.9. The summed E-state index contributed by atoms with van der Waals surface area (Å²) in [6.07, 6.45) is 1.86. The van der Waals surface area contributed by atoms with Gasteiger partial charge in [0.15, 0.2) is 0 Å². The number of nitrogens with zero attached hydrogens (tertiary/aromatic N) is 3. The molecular formula is C15H21N5O3S2. The molecule has 3 N–H and O–H groups in total. The lowest BCUT2D eigenvalue weighted by atomic mass is 10.2. The molecule has 0 atom stereocenters. The third-order valence-corrected chi connectivity index (χ3v) is 4.57. The van der Waals surface area contributed by atoms with E-state index in [2.05, 4.69) is 15.5 Å². The van der Waals surface area contributed by atoms with Crippen molar-refractivity contribution in [3.8, 4) is 11.5 Å². The van der Waals surface area contributed by atoms with Crippen molar-refractivity contribution in [2.24, 2.45) is 0 Å². The van der Waals surface area contributed by atoms with Crippen LogP contribution in [-0.2, 0) is 4.79 Å². The van der Waals surface area contributed by atoms with Crippen LogP contribution >= 0.6 is 23.5 Å². The van der Waals surface area contributed by atoms with Crippen LogP contribution in [0.4, 0.5) is 5.69 Å². The molecule has 136 valence electrons. The van der Waals surface area contributed by atoms with Crippen molar-refractivity contribution in [3.05, 3.63) is 18.2 Å². The SMILES string of the molecule is CCOc1ccc(OCC)c(NC(=O)CSc2nnc(SC)n2N)c1. The Morgan fingerprint density at radius 2 is 1.96 bits per heavy atom. The molecule has 0 saturated carbocycles. The fraction of sp³-hybridized carbons (Fsp3) is 0.400. The van der Waals surface area contributed by atoms with Gasteiger partial charge in [0.05, 0.1) is 24.7 Å². The minimum absolute atomic E-state index is 0.147. The van der Waals surface area contributed by atoms with E-state index in [1.807, 2.05) is 20.1 Å². The molecule has 1 aromatic heterocycles. The predicted molar refractivity (Wildman–Crippen MR) is 100 cm³/mol. The predicted octanol–water partition coefficient (Wildman–Crippen LogP) is 2.24. The second kappa shape index (κ2) is 9.42. The van der Waals surface area contributed by atoms with E-state index in [4.69, 9.17) is 15.3 Å². The van der Waals surface area contributed by atoms with Gasteiger partial charge in [-0.05, 0) is 32.2 Å². The quantitative estimate of drug-likeness (QED) is 0.502. The Hall–Kier alpha value is -2.07. The molecule has 8 nitrogen and oxygen atoms in total. The van der Waals surface area contributed by atoms with Crippen LogP contribution in [0, 0.1) is 0 Å². The Balaban J connectivity index is 2.03. The number of carbonyl (C=O) groups is 1. The van der Waals surface area contributed by atoms with Crippen molar-refractivity contribution in [1.82, 2.24) is 14.9 Å². The number of anilines is 1. The first-order chi connectivity index (χ1) is 12.1. The molecule has 0 bridgehead atoms. The smallest absolute Gasteiger partial charge is 0.234 e. The standard InChI is InChI=1S/C15H21N5O3S2/c1-4-22-10-6-7-12(23-5-2)11(8-10)17-13(21)9-25-15-19-18-14(24-3)20(15)16/h6-8H,4-5,9,16H2,1-3H3,(H,17,21). The second-order valence-corrected chi connectivity index (χ2v) is 6.42. The summed E-state index contributed by atoms with van der Waals surface area (Å²) < 4.78 is 12.4. The molecule has 0 aliphatic heterocycles. The third kappa shape index (κ3) is 5.20. The topological polar surface area (TPSA) is 104 Å². The number of aromatic nitrogens is 3. The lowest BCUT2D eigenvalue weighted by Gasteiger charge is -2.13. The fourth-order valence-corrected chi connectivity index (χ4v) is 3.08. The summed E-state index contributed by atoms with van der Waals surface area (Å²) in [7, 11) is 0. The highest BCUT2D eigenvalue weighted by atomic mass is 32.2. The van der Waals surface area contributed by atoms with Gasteiger partial charge in [0.1, 0.15) is 11.5 Å². The number of carbonyl (C=O) groups excluding carboxylic acids is 1. The van der Waals surface area contributed by atoms with Gasteiger partial charge in [-0.1, -0.05) is 23.5 Å². The number of nitrogen functional groups attached to an aromatic ring is 1. The Kier molecular flexibility index (Phi) is 7.26. The minimum Gasteiger partial charge on any atom is -0.494 e. The maximum atomic E-state index is 12.3. The molecule has 0 saturated heterocycles. The lowest BCUT2D eigenvalue weighted by Crippen LogP contribution is -2.17. The van der Waals surface area contributed by atoms with Crippen LogP contribution in [0.15, 0.2) is 28.5 Å². The van der Waals surface area contributed by atoms with Crippen LogP contribution in [0.5, 0.6) is 11.5 Å². The zero-order chi connectivity index (χ0) is 18.2. The summed E-state index contributed by atoms with van der Waals surface area (Å²) in [5, 5.41) is 11.8. The molecule has 0 aliphatic rings. The average Bonchev–Trinajstić information content (AvgIpc) is 2.95. The number of hydrogen-bond acceptors (Lipinski definition) is 8. The fourth-order valence-electron chi connectivity index (χ4n) is 1.96. The van der Waals surface area contributed by atoms with E-state index in [1.165, 1.54) is 28.2 Å². The van der Waals surface area contributed by atoms with Crippen LogP contribution in [0.3, 0.4) is 0 Å². The van der Waals surface area contributed by atoms with Crippen molar-refractivity contribution in [3.63, 3.8) is 0 Å². The number of hydrogen-bond donors (Lipinski definition) is 2. The number of amides is 1. The van der Waals surface area contributed by atoms with E-state index in [0.717, 1.165) is 0 Å². The van der Waals surface area contributed by atoms with Crippen LogP contribution in [0.1, 0.15) is 13.8 Å². The zero-order valence-electron chi connectivity index (χ0n) is 14.3. The van der Waals surface area contributed by atoms with E-state index >= 15 is 0 Å².